The molecule has 2 aliphatic rings. The van der Waals surface area contributed by atoms with E-state index in [1.807, 2.05) is 0 Å². The molecule has 2 aliphatic carbocycles. The van der Waals surface area contributed by atoms with E-state index in [-0.39, 0.29) is 5.41 Å². The Morgan fingerprint density at radius 1 is 0.862 bits per heavy atom. The summed E-state index contributed by atoms with van der Waals surface area (Å²) in [7, 11) is 0. The molecule has 0 saturated heterocycles. The summed E-state index contributed by atoms with van der Waals surface area (Å²) < 4.78 is 2.44. The standard InChI is InChI=1S/C28H25N/c1-18-12-14-19(15-13-18)29-26-11-7-5-9-21(26)23-16-22-20-8-4-6-10-24(20)28(2,3)25(22)17-27(23)29/h4-5,7-9,11-17H,6,10H2,1-3H3. The zero-order chi connectivity index (χ0) is 19.8. The summed E-state index contributed by atoms with van der Waals surface area (Å²) in [6.45, 7) is 6.95. The zero-order valence-electron chi connectivity index (χ0n) is 17.3. The molecule has 0 unspecified atom stereocenters. The van der Waals surface area contributed by atoms with Crippen LogP contribution in [-0.4, -0.2) is 4.57 Å². The van der Waals surface area contributed by atoms with E-state index in [1.165, 1.54) is 56.2 Å². The van der Waals surface area contributed by atoms with Crippen molar-refractivity contribution in [1.29, 1.82) is 0 Å². The van der Waals surface area contributed by atoms with Crippen molar-refractivity contribution < 1.29 is 0 Å². The van der Waals surface area contributed by atoms with Gasteiger partial charge in [-0.05, 0) is 66.8 Å². The highest BCUT2D eigenvalue weighted by atomic mass is 15.0. The summed E-state index contributed by atoms with van der Waals surface area (Å²) in [6, 6.07) is 22.6. The van der Waals surface area contributed by atoms with E-state index in [2.05, 4.69) is 98.2 Å². The minimum atomic E-state index is 0.0954. The lowest BCUT2D eigenvalue weighted by molar-refractivity contribution is 0.608. The zero-order valence-corrected chi connectivity index (χ0v) is 17.3. The minimum absolute atomic E-state index is 0.0954. The second-order valence-electron chi connectivity index (χ2n) is 9.06. The molecule has 0 atom stereocenters. The second kappa shape index (κ2) is 5.73. The largest absolute Gasteiger partial charge is 0.309 e. The molecule has 0 fully saturated rings. The first-order valence-corrected chi connectivity index (χ1v) is 10.6. The van der Waals surface area contributed by atoms with Gasteiger partial charge in [-0.15, -0.1) is 0 Å². The van der Waals surface area contributed by atoms with Crippen LogP contribution >= 0.6 is 0 Å². The number of allylic oxidation sites excluding steroid dienone is 4. The van der Waals surface area contributed by atoms with Crippen molar-refractivity contribution in [3.63, 3.8) is 0 Å². The van der Waals surface area contributed by atoms with Gasteiger partial charge in [0.1, 0.15) is 0 Å². The number of rotatable bonds is 1. The van der Waals surface area contributed by atoms with Crippen LogP contribution in [0.1, 0.15) is 43.4 Å². The summed E-state index contributed by atoms with van der Waals surface area (Å²) in [5.74, 6) is 0. The number of para-hydroxylation sites is 1. The van der Waals surface area contributed by atoms with E-state index in [9.17, 15) is 0 Å². The molecule has 29 heavy (non-hydrogen) atoms. The molecule has 0 amide bonds. The Bertz CT molecular complexity index is 1360. The number of hydrogen-bond acceptors (Lipinski definition) is 0. The molecule has 3 aromatic carbocycles. The molecule has 0 saturated carbocycles. The lowest BCUT2D eigenvalue weighted by Gasteiger charge is -2.25. The van der Waals surface area contributed by atoms with E-state index < -0.39 is 0 Å². The Labute approximate surface area is 172 Å². The third kappa shape index (κ3) is 2.22. The number of fused-ring (bicyclic) bond motifs is 5. The molecule has 0 aliphatic heterocycles. The fourth-order valence-electron chi connectivity index (χ4n) is 5.46. The minimum Gasteiger partial charge on any atom is -0.309 e. The molecule has 0 radical (unpaired) electrons. The number of aromatic nitrogens is 1. The van der Waals surface area contributed by atoms with Gasteiger partial charge >= 0.3 is 0 Å². The molecule has 0 N–H and O–H groups in total. The number of aryl methyl sites for hydroxylation is 1. The van der Waals surface area contributed by atoms with Crippen molar-refractivity contribution in [3.05, 3.63) is 95.1 Å². The Morgan fingerprint density at radius 2 is 1.66 bits per heavy atom. The quantitative estimate of drug-likeness (QED) is 0.325. The smallest absolute Gasteiger partial charge is 0.0544 e. The SMILES string of the molecule is Cc1ccc(-n2c3ccccc3c3cc4c(cc32)C(C)(C)C2=C4C=CCC2)cc1. The van der Waals surface area contributed by atoms with Crippen molar-refractivity contribution in [2.45, 2.75) is 39.0 Å². The summed E-state index contributed by atoms with van der Waals surface area (Å²) in [5.41, 5.74) is 11.2. The molecule has 142 valence electrons. The van der Waals surface area contributed by atoms with Gasteiger partial charge in [-0.3, -0.25) is 0 Å². The highest BCUT2D eigenvalue weighted by Gasteiger charge is 2.38. The Balaban J connectivity index is 1.73. The first-order chi connectivity index (χ1) is 14.1. The Kier molecular flexibility index (Phi) is 3.33. The Morgan fingerprint density at radius 3 is 2.48 bits per heavy atom. The monoisotopic (exact) mass is 375 g/mol. The molecule has 4 aromatic rings. The van der Waals surface area contributed by atoms with Crippen LogP contribution in [0, 0.1) is 6.92 Å². The molecule has 1 nitrogen and oxygen atoms in total. The summed E-state index contributed by atoms with van der Waals surface area (Å²) >= 11 is 0. The number of hydrogen-bond donors (Lipinski definition) is 0. The van der Waals surface area contributed by atoms with Gasteiger partial charge < -0.3 is 4.57 Å². The second-order valence-corrected chi connectivity index (χ2v) is 9.06. The molecule has 6 rings (SSSR count). The number of nitrogens with zero attached hydrogens (tertiary/aromatic N) is 1. The van der Waals surface area contributed by atoms with Crippen LogP contribution in [0.15, 0.2) is 78.4 Å². The van der Waals surface area contributed by atoms with Gasteiger partial charge in [-0.1, -0.05) is 67.5 Å². The van der Waals surface area contributed by atoms with Gasteiger partial charge in [0.15, 0.2) is 0 Å². The summed E-state index contributed by atoms with van der Waals surface area (Å²) in [5, 5.41) is 2.68. The van der Waals surface area contributed by atoms with Gasteiger partial charge in [0.2, 0.25) is 0 Å². The maximum Gasteiger partial charge on any atom is 0.0544 e. The van der Waals surface area contributed by atoms with Crippen LogP contribution in [0.3, 0.4) is 0 Å². The van der Waals surface area contributed by atoms with E-state index in [0.717, 1.165) is 6.42 Å². The summed E-state index contributed by atoms with van der Waals surface area (Å²) in [4.78, 5) is 0. The molecule has 0 bridgehead atoms. The van der Waals surface area contributed by atoms with Crippen LogP contribution in [-0.2, 0) is 5.41 Å². The highest BCUT2D eigenvalue weighted by molar-refractivity contribution is 6.11. The maximum atomic E-state index is 2.47. The van der Waals surface area contributed by atoms with Crippen LogP contribution in [0.4, 0.5) is 0 Å². The topological polar surface area (TPSA) is 4.93 Å². The van der Waals surface area contributed by atoms with Crippen molar-refractivity contribution in [1.82, 2.24) is 4.57 Å². The number of benzene rings is 3. The average Bonchev–Trinajstić information content (AvgIpc) is 3.18. The van der Waals surface area contributed by atoms with E-state index >= 15 is 0 Å². The predicted molar refractivity (Wildman–Crippen MR) is 124 cm³/mol. The molecular weight excluding hydrogens is 350 g/mol. The van der Waals surface area contributed by atoms with Crippen molar-refractivity contribution in [2.24, 2.45) is 0 Å². The van der Waals surface area contributed by atoms with Gasteiger partial charge in [-0.2, -0.15) is 0 Å². The van der Waals surface area contributed by atoms with Gasteiger partial charge in [0.05, 0.1) is 11.0 Å². The van der Waals surface area contributed by atoms with Crippen molar-refractivity contribution >= 4 is 27.4 Å². The molecular formula is C28H25N. The van der Waals surface area contributed by atoms with Crippen LogP contribution in [0.5, 0.6) is 0 Å². The van der Waals surface area contributed by atoms with E-state index in [1.54, 1.807) is 5.57 Å². The lowest BCUT2D eigenvalue weighted by atomic mass is 9.78. The molecule has 1 heterocycles. The molecule has 0 spiro atoms. The van der Waals surface area contributed by atoms with Crippen LogP contribution in [0.2, 0.25) is 0 Å². The van der Waals surface area contributed by atoms with Crippen LogP contribution in [0.25, 0.3) is 33.1 Å². The summed E-state index contributed by atoms with van der Waals surface area (Å²) in [6.07, 6.45) is 7.03. The van der Waals surface area contributed by atoms with Crippen molar-refractivity contribution in [2.75, 3.05) is 0 Å². The molecule has 1 aromatic heterocycles. The fourth-order valence-corrected chi connectivity index (χ4v) is 5.46. The van der Waals surface area contributed by atoms with Gasteiger partial charge in [0, 0.05) is 21.9 Å². The third-order valence-electron chi connectivity index (χ3n) is 6.99. The van der Waals surface area contributed by atoms with E-state index in [4.69, 9.17) is 0 Å². The fraction of sp³-hybridized carbons (Fsp3) is 0.214. The first-order valence-electron chi connectivity index (χ1n) is 10.6. The first kappa shape index (κ1) is 16.9. The molecule has 1 heteroatoms. The predicted octanol–water partition coefficient (Wildman–Crippen LogP) is 7.49. The van der Waals surface area contributed by atoms with E-state index in [0.29, 0.717) is 0 Å². The third-order valence-corrected chi connectivity index (χ3v) is 6.99. The lowest BCUT2D eigenvalue weighted by Crippen LogP contribution is -2.17. The average molecular weight is 376 g/mol. The Hall–Kier alpha value is -3.06. The van der Waals surface area contributed by atoms with Crippen LogP contribution < -0.4 is 0 Å². The normalized spacial score (nSPS) is 17.2. The highest BCUT2D eigenvalue weighted by Crippen LogP contribution is 2.51. The van der Waals surface area contributed by atoms with Crippen molar-refractivity contribution in [3.8, 4) is 5.69 Å². The maximum absolute atomic E-state index is 2.47. The van der Waals surface area contributed by atoms with Gasteiger partial charge in [-0.25, -0.2) is 0 Å². The van der Waals surface area contributed by atoms with Gasteiger partial charge in [0.25, 0.3) is 0 Å².